The summed E-state index contributed by atoms with van der Waals surface area (Å²) in [6.45, 7) is 1.54. The molecule has 2 aliphatic rings. The highest BCUT2D eigenvalue weighted by atomic mass is 16.5. The number of carbonyl (C=O) groups is 1. The van der Waals surface area contributed by atoms with Gasteiger partial charge in [-0.1, -0.05) is 0 Å². The molecule has 1 amide bonds. The Morgan fingerprint density at radius 2 is 2.11 bits per heavy atom. The molecule has 3 atom stereocenters. The van der Waals surface area contributed by atoms with Gasteiger partial charge in [-0.15, -0.1) is 0 Å². The SMILES string of the molecule is COc1ccc2[nH]c(C(=O)N3C[C@H]4CC[C@H](Oc5cccnc5)[C@H]4C3)cc2c1. The predicted molar refractivity (Wildman–Crippen MR) is 106 cm³/mol. The normalized spacial score (nSPS) is 23.8. The van der Waals surface area contributed by atoms with Crippen LogP contribution < -0.4 is 9.47 Å². The molecule has 3 aromatic rings. The average Bonchev–Trinajstić information content (AvgIpc) is 3.42. The van der Waals surface area contributed by atoms with Crippen molar-refractivity contribution in [3.8, 4) is 11.5 Å². The van der Waals surface area contributed by atoms with E-state index in [1.165, 1.54) is 0 Å². The molecule has 1 N–H and O–H groups in total. The molecular formula is C22H23N3O3. The zero-order chi connectivity index (χ0) is 19.1. The van der Waals surface area contributed by atoms with E-state index in [0.717, 1.165) is 48.3 Å². The molecule has 1 aliphatic carbocycles. The van der Waals surface area contributed by atoms with Crippen molar-refractivity contribution < 1.29 is 14.3 Å². The highest BCUT2D eigenvalue weighted by Crippen LogP contribution is 2.40. The molecule has 0 unspecified atom stereocenters. The van der Waals surface area contributed by atoms with Crippen LogP contribution in [0.3, 0.4) is 0 Å². The molecule has 1 saturated carbocycles. The highest BCUT2D eigenvalue weighted by Gasteiger charge is 2.45. The summed E-state index contributed by atoms with van der Waals surface area (Å²) in [5, 5.41) is 0.986. The third kappa shape index (κ3) is 2.99. The van der Waals surface area contributed by atoms with Crippen LogP contribution in [0, 0.1) is 11.8 Å². The number of nitrogens with zero attached hydrogens (tertiary/aromatic N) is 2. The number of hydrogen-bond donors (Lipinski definition) is 1. The Labute approximate surface area is 163 Å². The number of methoxy groups -OCH3 is 1. The second-order valence-corrected chi connectivity index (χ2v) is 7.69. The van der Waals surface area contributed by atoms with Gasteiger partial charge in [0.2, 0.25) is 0 Å². The molecule has 144 valence electrons. The summed E-state index contributed by atoms with van der Waals surface area (Å²) < 4.78 is 11.4. The fourth-order valence-corrected chi connectivity index (χ4v) is 4.64. The number of fused-ring (bicyclic) bond motifs is 2. The second kappa shape index (κ2) is 6.86. The molecule has 1 aliphatic heterocycles. The summed E-state index contributed by atoms with van der Waals surface area (Å²) in [5.74, 6) is 2.55. The van der Waals surface area contributed by atoms with Gasteiger partial charge in [-0.2, -0.15) is 0 Å². The first-order valence-electron chi connectivity index (χ1n) is 9.74. The Morgan fingerprint density at radius 3 is 2.93 bits per heavy atom. The van der Waals surface area contributed by atoms with E-state index in [9.17, 15) is 4.79 Å². The van der Waals surface area contributed by atoms with Crippen LogP contribution in [-0.2, 0) is 0 Å². The van der Waals surface area contributed by atoms with Crippen LogP contribution in [-0.4, -0.2) is 47.1 Å². The topological polar surface area (TPSA) is 67.5 Å². The highest BCUT2D eigenvalue weighted by molar-refractivity contribution is 5.98. The maximum Gasteiger partial charge on any atom is 0.270 e. The van der Waals surface area contributed by atoms with Crippen LogP contribution in [0.1, 0.15) is 23.3 Å². The number of pyridine rings is 1. The van der Waals surface area contributed by atoms with Gasteiger partial charge in [-0.25, -0.2) is 0 Å². The minimum Gasteiger partial charge on any atom is -0.497 e. The van der Waals surface area contributed by atoms with Crippen LogP contribution in [0.2, 0.25) is 0 Å². The molecule has 2 aromatic heterocycles. The average molecular weight is 377 g/mol. The van der Waals surface area contributed by atoms with E-state index in [2.05, 4.69) is 9.97 Å². The standard InChI is InChI=1S/C22H23N3O3/c1-27-16-5-6-19-15(9-16)10-20(24-19)22(26)25-12-14-4-7-21(18(14)13-25)28-17-3-2-8-23-11-17/h2-3,5-6,8-11,14,18,21,24H,4,7,12-13H2,1H3/t14-,18+,21+/m1/s1. The van der Waals surface area contributed by atoms with Gasteiger partial charge < -0.3 is 19.4 Å². The fraction of sp³-hybridized carbons (Fsp3) is 0.364. The summed E-state index contributed by atoms with van der Waals surface area (Å²) in [6, 6.07) is 11.5. The quantitative estimate of drug-likeness (QED) is 0.756. The van der Waals surface area contributed by atoms with Crippen molar-refractivity contribution in [1.82, 2.24) is 14.9 Å². The first-order chi connectivity index (χ1) is 13.7. The van der Waals surface area contributed by atoms with Gasteiger partial charge in [-0.05, 0) is 55.2 Å². The van der Waals surface area contributed by atoms with Crippen molar-refractivity contribution in [2.24, 2.45) is 11.8 Å². The summed E-state index contributed by atoms with van der Waals surface area (Å²) in [5.41, 5.74) is 1.58. The van der Waals surface area contributed by atoms with E-state index in [1.807, 2.05) is 41.3 Å². The van der Waals surface area contributed by atoms with E-state index in [4.69, 9.17) is 9.47 Å². The van der Waals surface area contributed by atoms with E-state index in [0.29, 0.717) is 17.5 Å². The first kappa shape index (κ1) is 17.1. The van der Waals surface area contributed by atoms with E-state index < -0.39 is 0 Å². The number of rotatable bonds is 4. The lowest BCUT2D eigenvalue weighted by Gasteiger charge is -2.21. The van der Waals surface area contributed by atoms with E-state index in [1.54, 1.807) is 19.5 Å². The molecule has 0 spiro atoms. The van der Waals surface area contributed by atoms with Gasteiger partial charge >= 0.3 is 0 Å². The number of nitrogens with one attached hydrogen (secondary N) is 1. The third-order valence-corrected chi connectivity index (χ3v) is 6.06. The number of aromatic amines is 1. The molecule has 6 heteroatoms. The molecule has 1 aromatic carbocycles. The van der Waals surface area contributed by atoms with Crippen molar-refractivity contribution in [3.05, 3.63) is 54.5 Å². The summed E-state index contributed by atoms with van der Waals surface area (Å²) in [6.07, 6.45) is 5.79. The number of amides is 1. The number of hydrogen-bond acceptors (Lipinski definition) is 4. The lowest BCUT2D eigenvalue weighted by molar-refractivity contribution is 0.0757. The predicted octanol–water partition coefficient (Wildman–Crippen LogP) is 3.50. The molecular weight excluding hydrogens is 354 g/mol. The van der Waals surface area contributed by atoms with Crippen LogP contribution in [0.25, 0.3) is 10.9 Å². The monoisotopic (exact) mass is 377 g/mol. The Kier molecular flexibility index (Phi) is 4.19. The van der Waals surface area contributed by atoms with Crippen LogP contribution in [0.15, 0.2) is 48.8 Å². The van der Waals surface area contributed by atoms with Crippen LogP contribution >= 0.6 is 0 Å². The lowest BCUT2D eigenvalue weighted by Crippen LogP contribution is -2.32. The number of carbonyl (C=O) groups excluding carboxylic acids is 1. The summed E-state index contributed by atoms with van der Waals surface area (Å²) in [4.78, 5) is 22.4. The molecule has 0 radical (unpaired) electrons. The fourth-order valence-electron chi connectivity index (χ4n) is 4.64. The lowest BCUT2D eigenvalue weighted by atomic mass is 9.99. The van der Waals surface area contributed by atoms with Gasteiger partial charge in [0.1, 0.15) is 23.3 Å². The number of aromatic nitrogens is 2. The number of benzene rings is 1. The Balaban J connectivity index is 1.31. The van der Waals surface area contributed by atoms with E-state index in [-0.39, 0.29) is 12.0 Å². The first-order valence-corrected chi connectivity index (χ1v) is 9.74. The minimum absolute atomic E-state index is 0.0599. The van der Waals surface area contributed by atoms with Gasteiger partial charge in [0, 0.05) is 36.1 Å². The van der Waals surface area contributed by atoms with Gasteiger partial charge in [0.25, 0.3) is 5.91 Å². The van der Waals surface area contributed by atoms with Gasteiger partial charge in [-0.3, -0.25) is 9.78 Å². The molecule has 2 fully saturated rings. The zero-order valence-electron chi connectivity index (χ0n) is 15.8. The Hall–Kier alpha value is -3.02. The smallest absolute Gasteiger partial charge is 0.270 e. The molecule has 28 heavy (non-hydrogen) atoms. The summed E-state index contributed by atoms with van der Waals surface area (Å²) >= 11 is 0. The second-order valence-electron chi connectivity index (χ2n) is 7.69. The van der Waals surface area contributed by atoms with Crippen LogP contribution in [0.4, 0.5) is 0 Å². The van der Waals surface area contributed by atoms with Crippen molar-refractivity contribution in [2.45, 2.75) is 18.9 Å². The maximum absolute atomic E-state index is 13.1. The molecule has 0 bridgehead atoms. The van der Waals surface area contributed by atoms with E-state index >= 15 is 0 Å². The van der Waals surface area contributed by atoms with Gasteiger partial charge in [0.05, 0.1) is 13.3 Å². The van der Waals surface area contributed by atoms with Crippen LogP contribution in [0.5, 0.6) is 11.5 Å². The molecule has 5 rings (SSSR count). The zero-order valence-corrected chi connectivity index (χ0v) is 15.8. The summed E-state index contributed by atoms with van der Waals surface area (Å²) in [7, 11) is 1.65. The number of ether oxygens (including phenoxy) is 2. The van der Waals surface area contributed by atoms with Crippen molar-refractivity contribution in [2.75, 3.05) is 20.2 Å². The maximum atomic E-state index is 13.1. The Bertz CT molecular complexity index is 1000. The van der Waals surface area contributed by atoms with Gasteiger partial charge in [0.15, 0.2) is 0 Å². The number of H-pyrrole nitrogens is 1. The molecule has 6 nitrogen and oxygen atoms in total. The molecule has 3 heterocycles. The third-order valence-electron chi connectivity index (χ3n) is 6.06. The Morgan fingerprint density at radius 1 is 1.18 bits per heavy atom. The van der Waals surface area contributed by atoms with Crippen molar-refractivity contribution >= 4 is 16.8 Å². The largest absolute Gasteiger partial charge is 0.497 e. The van der Waals surface area contributed by atoms with Crippen molar-refractivity contribution in [3.63, 3.8) is 0 Å². The number of likely N-dealkylation sites (tertiary alicyclic amines) is 1. The van der Waals surface area contributed by atoms with Crippen molar-refractivity contribution in [1.29, 1.82) is 0 Å². The molecule has 1 saturated heterocycles. The minimum atomic E-state index is 0.0599.